The molecule has 0 bridgehead atoms. The lowest BCUT2D eigenvalue weighted by Gasteiger charge is -2.35. The first-order valence-corrected chi connectivity index (χ1v) is 9.72. The number of likely N-dealkylation sites (N-methyl/N-ethyl adjacent to an activating group) is 1. The monoisotopic (exact) mass is 412 g/mol. The summed E-state index contributed by atoms with van der Waals surface area (Å²) in [6.07, 6.45) is 0. The van der Waals surface area contributed by atoms with Crippen LogP contribution in [0.15, 0.2) is 18.2 Å². The van der Waals surface area contributed by atoms with Gasteiger partial charge >= 0.3 is 0 Å². The summed E-state index contributed by atoms with van der Waals surface area (Å²) in [5, 5.41) is 2.79. The van der Waals surface area contributed by atoms with Crippen LogP contribution in [-0.4, -0.2) is 93.1 Å². The molecule has 0 aliphatic carbocycles. The average molecular weight is 412 g/mol. The van der Waals surface area contributed by atoms with Gasteiger partial charge in [-0.25, -0.2) is 8.78 Å². The van der Waals surface area contributed by atoms with E-state index in [1.807, 2.05) is 4.90 Å². The molecule has 29 heavy (non-hydrogen) atoms. The summed E-state index contributed by atoms with van der Waals surface area (Å²) < 4.78 is 31.5. The van der Waals surface area contributed by atoms with Gasteiger partial charge in [0.2, 0.25) is 11.8 Å². The number of benzene rings is 1. The lowest BCUT2D eigenvalue weighted by molar-refractivity contribution is -0.134. The summed E-state index contributed by atoms with van der Waals surface area (Å²) >= 11 is 0. The average Bonchev–Trinajstić information content (AvgIpc) is 2.70. The summed E-state index contributed by atoms with van der Waals surface area (Å²) in [5.74, 6) is -1.95. The Morgan fingerprint density at radius 3 is 2.34 bits per heavy atom. The van der Waals surface area contributed by atoms with Crippen LogP contribution >= 0.6 is 0 Å². The van der Waals surface area contributed by atoms with Crippen molar-refractivity contribution < 1.29 is 23.1 Å². The second-order valence-corrected chi connectivity index (χ2v) is 7.25. The molecule has 1 aromatic carbocycles. The van der Waals surface area contributed by atoms with Gasteiger partial charge in [-0.05, 0) is 24.6 Å². The molecule has 1 N–H and O–H groups in total. The second kappa shape index (κ2) is 11.2. The molecule has 2 rings (SSSR count). The van der Waals surface area contributed by atoms with Crippen LogP contribution in [0.2, 0.25) is 0 Å². The van der Waals surface area contributed by atoms with Crippen LogP contribution in [0.5, 0.6) is 0 Å². The highest BCUT2D eigenvalue weighted by Crippen LogP contribution is 2.21. The summed E-state index contributed by atoms with van der Waals surface area (Å²) in [5.41, 5.74) is 0.545. The molecule has 0 saturated carbocycles. The lowest BCUT2D eigenvalue weighted by atomic mass is 10.1. The molecule has 1 saturated heterocycles. The standard InChI is InChI=1S/C20H30F2N4O3/c1-15(16-4-5-17(21)18(22)12-16)24(2)20(28)14-26-9-7-25(8-10-26)13-19(27)23-6-11-29-3/h4-5,12,15H,6-11,13-14H2,1-3H3,(H,23,27). The molecule has 7 nitrogen and oxygen atoms in total. The quantitative estimate of drug-likeness (QED) is 0.610. The van der Waals surface area contributed by atoms with Gasteiger partial charge in [0.05, 0.1) is 25.7 Å². The number of piperazine rings is 1. The van der Waals surface area contributed by atoms with E-state index in [1.54, 1.807) is 26.0 Å². The Hall–Kier alpha value is -2.10. The van der Waals surface area contributed by atoms with Crippen molar-refractivity contribution in [3.05, 3.63) is 35.4 Å². The van der Waals surface area contributed by atoms with E-state index in [0.29, 0.717) is 51.4 Å². The molecule has 1 aliphatic heterocycles. The number of rotatable bonds is 9. The summed E-state index contributed by atoms with van der Waals surface area (Å²) in [6, 6.07) is 3.32. The van der Waals surface area contributed by atoms with Gasteiger partial charge in [0.1, 0.15) is 0 Å². The molecule has 0 aromatic heterocycles. The van der Waals surface area contributed by atoms with Gasteiger partial charge in [-0.3, -0.25) is 19.4 Å². The van der Waals surface area contributed by atoms with Crippen molar-refractivity contribution in [1.82, 2.24) is 20.0 Å². The Labute approximate surface area is 170 Å². The van der Waals surface area contributed by atoms with Crippen LogP contribution in [0.25, 0.3) is 0 Å². The SMILES string of the molecule is COCCNC(=O)CN1CCN(CC(=O)N(C)C(C)c2ccc(F)c(F)c2)CC1. The fourth-order valence-corrected chi connectivity index (χ4v) is 3.17. The fourth-order valence-electron chi connectivity index (χ4n) is 3.17. The molecule has 1 atom stereocenters. The Bertz CT molecular complexity index is 696. The van der Waals surface area contributed by atoms with Gasteiger partial charge in [0, 0.05) is 46.9 Å². The Balaban J connectivity index is 1.77. The van der Waals surface area contributed by atoms with E-state index >= 15 is 0 Å². The molecule has 1 aromatic rings. The maximum absolute atomic E-state index is 13.5. The van der Waals surface area contributed by atoms with E-state index in [1.165, 1.54) is 6.07 Å². The van der Waals surface area contributed by atoms with Crippen LogP contribution < -0.4 is 5.32 Å². The van der Waals surface area contributed by atoms with Crippen molar-refractivity contribution in [3.63, 3.8) is 0 Å². The molecule has 162 valence electrons. The third-order valence-corrected chi connectivity index (χ3v) is 5.22. The first-order chi connectivity index (χ1) is 13.8. The number of methoxy groups -OCH3 is 1. The van der Waals surface area contributed by atoms with E-state index in [4.69, 9.17) is 4.74 Å². The van der Waals surface area contributed by atoms with Crippen LogP contribution in [0.3, 0.4) is 0 Å². The van der Waals surface area contributed by atoms with Crippen LogP contribution in [0.4, 0.5) is 8.78 Å². The Morgan fingerprint density at radius 2 is 1.76 bits per heavy atom. The molecule has 0 spiro atoms. The fraction of sp³-hybridized carbons (Fsp3) is 0.600. The number of amides is 2. The van der Waals surface area contributed by atoms with Gasteiger partial charge < -0.3 is 15.0 Å². The third-order valence-electron chi connectivity index (χ3n) is 5.22. The largest absolute Gasteiger partial charge is 0.383 e. The van der Waals surface area contributed by atoms with E-state index < -0.39 is 11.6 Å². The number of hydrogen-bond donors (Lipinski definition) is 1. The number of ether oxygens (including phenoxy) is 1. The minimum atomic E-state index is -0.919. The highest BCUT2D eigenvalue weighted by molar-refractivity contribution is 5.79. The van der Waals surface area contributed by atoms with Crippen molar-refractivity contribution in [1.29, 1.82) is 0 Å². The Morgan fingerprint density at radius 1 is 1.14 bits per heavy atom. The van der Waals surface area contributed by atoms with E-state index in [0.717, 1.165) is 12.1 Å². The third kappa shape index (κ3) is 7.02. The Kier molecular flexibility index (Phi) is 8.94. The number of hydrogen-bond acceptors (Lipinski definition) is 5. The zero-order valence-corrected chi connectivity index (χ0v) is 17.3. The number of nitrogens with one attached hydrogen (secondary N) is 1. The van der Waals surface area contributed by atoms with Gasteiger partial charge in [0.15, 0.2) is 11.6 Å². The van der Waals surface area contributed by atoms with E-state index in [2.05, 4.69) is 10.2 Å². The molecule has 1 heterocycles. The highest BCUT2D eigenvalue weighted by Gasteiger charge is 2.24. The number of carbonyl (C=O) groups excluding carboxylic acids is 2. The molecule has 9 heteroatoms. The highest BCUT2D eigenvalue weighted by atomic mass is 19.2. The van der Waals surface area contributed by atoms with E-state index in [9.17, 15) is 18.4 Å². The van der Waals surface area contributed by atoms with Crippen molar-refractivity contribution in [2.75, 3.05) is 66.6 Å². The number of halogens is 2. The molecular weight excluding hydrogens is 382 g/mol. The zero-order valence-electron chi connectivity index (χ0n) is 17.3. The van der Waals surface area contributed by atoms with E-state index in [-0.39, 0.29) is 24.4 Å². The minimum Gasteiger partial charge on any atom is -0.383 e. The topological polar surface area (TPSA) is 65.1 Å². The molecule has 1 fully saturated rings. The van der Waals surface area contributed by atoms with Gasteiger partial charge in [-0.2, -0.15) is 0 Å². The summed E-state index contributed by atoms with van der Waals surface area (Å²) in [6.45, 7) is 6.11. The van der Waals surface area contributed by atoms with Gasteiger partial charge in [0.25, 0.3) is 0 Å². The first kappa shape index (κ1) is 23.2. The maximum atomic E-state index is 13.5. The first-order valence-electron chi connectivity index (χ1n) is 9.72. The molecular formula is C20H30F2N4O3. The summed E-state index contributed by atoms with van der Waals surface area (Å²) in [4.78, 5) is 30.1. The van der Waals surface area contributed by atoms with Crippen molar-refractivity contribution in [3.8, 4) is 0 Å². The van der Waals surface area contributed by atoms with Crippen molar-refractivity contribution in [2.24, 2.45) is 0 Å². The number of carbonyl (C=O) groups is 2. The van der Waals surface area contributed by atoms with Crippen LogP contribution in [0, 0.1) is 11.6 Å². The smallest absolute Gasteiger partial charge is 0.236 e. The van der Waals surface area contributed by atoms with Crippen molar-refractivity contribution in [2.45, 2.75) is 13.0 Å². The van der Waals surface area contributed by atoms with Crippen LogP contribution in [-0.2, 0) is 14.3 Å². The lowest BCUT2D eigenvalue weighted by Crippen LogP contribution is -2.51. The normalized spacial score (nSPS) is 16.4. The second-order valence-electron chi connectivity index (χ2n) is 7.25. The van der Waals surface area contributed by atoms with Crippen molar-refractivity contribution >= 4 is 11.8 Å². The predicted molar refractivity (Wildman–Crippen MR) is 105 cm³/mol. The van der Waals surface area contributed by atoms with Gasteiger partial charge in [-0.15, -0.1) is 0 Å². The zero-order chi connectivity index (χ0) is 21.4. The maximum Gasteiger partial charge on any atom is 0.236 e. The summed E-state index contributed by atoms with van der Waals surface area (Å²) in [7, 11) is 3.25. The molecule has 2 amide bonds. The number of nitrogens with zero attached hydrogens (tertiary/aromatic N) is 3. The molecule has 1 aliphatic rings. The predicted octanol–water partition coefficient (Wildman–Crippen LogP) is 0.864. The molecule has 0 radical (unpaired) electrons. The molecule has 1 unspecified atom stereocenters. The minimum absolute atomic E-state index is 0.0355. The van der Waals surface area contributed by atoms with Gasteiger partial charge in [-0.1, -0.05) is 6.07 Å². The van der Waals surface area contributed by atoms with Crippen LogP contribution in [0.1, 0.15) is 18.5 Å².